The molecule has 0 aliphatic carbocycles. The second-order valence-corrected chi connectivity index (χ2v) is 10.5. The van der Waals surface area contributed by atoms with Gasteiger partial charge >= 0.3 is 0 Å². The predicted molar refractivity (Wildman–Crippen MR) is 170 cm³/mol. The minimum atomic E-state index is -0.346. The maximum atomic E-state index is 14.1. The van der Waals surface area contributed by atoms with Gasteiger partial charge in [-0.15, -0.1) is 0 Å². The summed E-state index contributed by atoms with van der Waals surface area (Å²) in [6, 6.07) is 47.0. The molecular formula is C38H24N2O3. The van der Waals surface area contributed by atoms with Gasteiger partial charge in [0.05, 0.1) is 28.2 Å². The lowest BCUT2D eigenvalue weighted by atomic mass is 9.97. The fourth-order valence-corrected chi connectivity index (χ4v) is 5.92. The normalized spacial score (nSPS) is 13.3. The van der Waals surface area contributed by atoms with Gasteiger partial charge in [-0.1, -0.05) is 84.9 Å². The van der Waals surface area contributed by atoms with Gasteiger partial charge in [-0.05, 0) is 82.9 Å². The Morgan fingerprint density at radius 2 is 0.907 bits per heavy atom. The molecule has 0 saturated heterocycles. The number of fused-ring (bicyclic) bond motifs is 3. The summed E-state index contributed by atoms with van der Waals surface area (Å²) in [7, 11) is 0. The number of imide groups is 1. The van der Waals surface area contributed by atoms with Crippen molar-refractivity contribution < 1.29 is 14.3 Å². The Labute approximate surface area is 248 Å². The number of ether oxygens (including phenoxy) is 1. The number of amides is 2. The summed E-state index contributed by atoms with van der Waals surface area (Å²) in [5.74, 6) is 0.758. The number of anilines is 4. The van der Waals surface area contributed by atoms with Gasteiger partial charge in [0.25, 0.3) is 11.8 Å². The van der Waals surface area contributed by atoms with Crippen molar-refractivity contribution in [3.8, 4) is 33.8 Å². The summed E-state index contributed by atoms with van der Waals surface area (Å²) in [6.07, 6.45) is 0. The third-order valence-electron chi connectivity index (χ3n) is 7.95. The first-order valence-corrected chi connectivity index (χ1v) is 14.1. The monoisotopic (exact) mass is 556 g/mol. The zero-order valence-electron chi connectivity index (χ0n) is 23.0. The van der Waals surface area contributed by atoms with Crippen molar-refractivity contribution in [2.75, 3.05) is 9.80 Å². The summed E-state index contributed by atoms with van der Waals surface area (Å²) >= 11 is 0. The number of hydrogen-bond donors (Lipinski definition) is 0. The van der Waals surface area contributed by atoms with Crippen LogP contribution in [0.4, 0.5) is 22.7 Å². The van der Waals surface area contributed by atoms with Crippen LogP contribution in [-0.2, 0) is 0 Å². The molecule has 0 fully saturated rings. The molecule has 5 heteroatoms. The molecule has 0 bridgehead atoms. The molecule has 5 nitrogen and oxygen atoms in total. The van der Waals surface area contributed by atoms with Crippen LogP contribution in [0.5, 0.6) is 11.5 Å². The Bertz CT molecular complexity index is 1950. The van der Waals surface area contributed by atoms with Gasteiger partial charge in [0, 0.05) is 5.69 Å². The van der Waals surface area contributed by atoms with E-state index >= 15 is 0 Å². The van der Waals surface area contributed by atoms with E-state index < -0.39 is 0 Å². The highest BCUT2D eigenvalue weighted by Gasteiger charge is 2.38. The van der Waals surface area contributed by atoms with Crippen LogP contribution < -0.4 is 14.5 Å². The SMILES string of the molecule is O=C1c2ccc(N3c4ccccc4Oc4ccccc43)cc2C(=O)N1c1cc(-c2ccccc2)cc(-c2ccccc2)c1. The maximum absolute atomic E-state index is 14.1. The summed E-state index contributed by atoms with van der Waals surface area (Å²) in [4.78, 5) is 31.3. The number of benzene rings is 6. The number of para-hydroxylation sites is 4. The van der Waals surface area contributed by atoms with Crippen LogP contribution in [0.3, 0.4) is 0 Å². The molecule has 0 aromatic heterocycles. The molecule has 204 valence electrons. The topological polar surface area (TPSA) is 49.9 Å². The van der Waals surface area contributed by atoms with Crippen LogP contribution in [0.25, 0.3) is 22.3 Å². The van der Waals surface area contributed by atoms with E-state index in [-0.39, 0.29) is 11.8 Å². The number of carbonyl (C=O) groups is 2. The molecule has 2 heterocycles. The quantitative estimate of drug-likeness (QED) is 0.203. The van der Waals surface area contributed by atoms with Crippen molar-refractivity contribution in [1.29, 1.82) is 0 Å². The lowest BCUT2D eigenvalue weighted by molar-refractivity contribution is 0.0926. The van der Waals surface area contributed by atoms with Gasteiger partial charge < -0.3 is 9.64 Å². The molecule has 43 heavy (non-hydrogen) atoms. The number of nitrogens with zero attached hydrogens (tertiary/aromatic N) is 2. The molecule has 0 atom stereocenters. The molecule has 6 aromatic rings. The summed E-state index contributed by atoms with van der Waals surface area (Å²) in [5, 5.41) is 0. The third kappa shape index (κ3) is 4.10. The van der Waals surface area contributed by atoms with Crippen LogP contribution in [-0.4, -0.2) is 11.8 Å². The second kappa shape index (κ2) is 9.86. The summed E-state index contributed by atoms with van der Waals surface area (Å²) < 4.78 is 6.16. The van der Waals surface area contributed by atoms with Gasteiger partial charge in [0.1, 0.15) is 0 Å². The van der Waals surface area contributed by atoms with Gasteiger partial charge in [0.2, 0.25) is 0 Å². The fourth-order valence-electron chi connectivity index (χ4n) is 5.92. The lowest BCUT2D eigenvalue weighted by Gasteiger charge is -2.32. The highest BCUT2D eigenvalue weighted by molar-refractivity contribution is 6.35. The molecule has 0 saturated carbocycles. The molecule has 0 spiro atoms. The molecule has 0 radical (unpaired) electrons. The summed E-state index contributed by atoms with van der Waals surface area (Å²) in [6.45, 7) is 0. The maximum Gasteiger partial charge on any atom is 0.266 e. The van der Waals surface area contributed by atoms with E-state index in [1.54, 1.807) is 6.07 Å². The number of carbonyl (C=O) groups excluding carboxylic acids is 2. The van der Waals surface area contributed by atoms with Gasteiger partial charge in [-0.2, -0.15) is 0 Å². The van der Waals surface area contributed by atoms with E-state index in [2.05, 4.69) is 11.0 Å². The Balaban J connectivity index is 1.24. The largest absolute Gasteiger partial charge is 0.453 e. The molecule has 2 aliphatic heterocycles. The van der Waals surface area contributed by atoms with Gasteiger partial charge in [-0.25, -0.2) is 4.90 Å². The highest BCUT2D eigenvalue weighted by Crippen LogP contribution is 2.50. The first-order valence-electron chi connectivity index (χ1n) is 14.1. The van der Waals surface area contributed by atoms with Crippen molar-refractivity contribution in [3.05, 3.63) is 157 Å². The van der Waals surface area contributed by atoms with Crippen LogP contribution in [0.2, 0.25) is 0 Å². The minimum Gasteiger partial charge on any atom is -0.453 e. The van der Waals surface area contributed by atoms with Crippen molar-refractivity contribution in [2.45, 2.75) is 0 Å². The van der Waals surface area contributed by atoms with Crippen molar-refractivity contribution in [2.24, 2.45) is 0 Å². The van der Waals surface area contributed by atoms with E-state index in [4.69, 9.17) is 4.74 Å². The third-order valence-corrected chi connectivity index (χ3v) is 7.95. The smallest absolute Gasteiger partial charge is 0.266 e. The minimum absolute atomic E-state index is 0.335. The van der Waals surface area contributed by atoms with E-state index in [1.165, 1.54) is 4.90 Å². The van der Waals surface area contributed by atoms with E-state index in [0.29, 0.717) is 16.8 Å². The van der Waals surface area contributed by atoms with Crippen LogP contribution in [0, 0.1) is 0 Å². The van der Waals surface area contributed by atoms with Crippen molar-refractivity contribution >= 4 is 34.6 Å². The zero-order chi connectivity index (χ0) is 28.9. The molecular weight excluding hydrogens is 532 g/mol. The Kier molecular flexibility index (Phi) is 5.69. The lowest BCUT2D eigenvalue weighted by Crippen LogP contribution is -2.29. The van der Waals surface area contributed by atoms with Crippen molar-refractivity contribution in [3.63, 3.8) is 0 Å². The highest BCUT2D eigenvalue weighted by atomic mass is 16.5. The molecule has 2 aliphatic rings. The van der Waals surface area contributed by atoms with Crippen molar-refractivity contribution in [1.82, 2.24) is 0 Å². The van der Waals surface area contributed by atoms with Crippen LogP contribution in [0.1, 0.15) is 20.7 Å². The van der Waals surface area contributed by atoms with Crippen LogP contribution >= 0.6 is 0 Å². The summed E-state index contributed by atoms with van der Waals surface area (Å²) in [5.41, 5.74) is 7.64. The zero-order valence-corrected chi connectivity index (χ0v) is 23.0. The Morgan fingerprint density at radius 1 is 0.395 bits per heavy atom. The molecule has 0 N–H and O–H groups in total. The molecule has 2 amide bonds. The first kappa shape index (κ1) is 24.8. The van der Waals surface area contributed by atoms with E-state index in [9.17, 15) is 9.59 Å². The Morgan fingerprint density at radius 3 is 1.49 bits per heavy atom. The number of hydrogen-bond acceptors (Lipinski definition) is 4. The average molecular weight is 557 g/mol. The standard InChI is InChI=1S/C38H24N2O3/c41-37-31-20-19-29(39-33-15-7-9-17-35(33)43-36-18-10-8-16-34(36)39)24-32(31)38(42)40(37)30-22-27(25-11-3-1-4-12-25)21-28(23-30)26-13-5-2-6-14-26/h1-24H. The predicted octanol–water partition coefficient (Wildman–Crippen LogP) is 9.40. The second-order valence-electron chi connectivity index (χ2n) is 10.5. The molecule has 0 unspecified atom stereocenters. The molecule has 6 aromatic carbocycles. The van der Waals surface area contributed by atoms with Gasteiger partial charge in [0.15, 0.2) is 11.5 Å². The van der Waals surface area contributed by atoms with E-state index in [0.717, 1.165) is 50.8 Å². The first-order chi connectivity index (χ1) is 21.2. The van der Waals surface area contributed by atoms with Gasteiger partial charge in [-0.3, -0.25) is 9.59 Å². The van der Waals surface area contributed by atoms with Crippen LogP contribution in [0.15, 0.2) is 146 Å². The average Bonchev–Trinajstić information content (AvgIpc) is 3.32. The fraction of sp³-hybridized carbons (Fsp3) is 0. The Hall–Kier alpha value is -5.94. The molecule has 8 rings (SSSR count). The number of rotatable bonds is 4. The van der Waals surface area contributed by atoms with E-state index in [1.807, 2.05) is 133 Å².